The van der Waals surface area contributed by atoms with Gasteiger partial charge in [-0.3, -0.25) is 9.59 Å². The lowest BCUT2D eigenvalue weighted by atomic mass is 10.0. The first kappa shape index (κ1) is 16.2. The smallest absolute Gasteiger partial charge is 0.318 e. The number of rotatable bonds is 6. The van der Waals surface area contributed by atoms with Crippen LogP contribution in [0, 0.1) is 5.92 Å². The van der Waals surface area contributed by atoms with Gasteiger partial charge in [0.05, 0.1) is 19.1 Å². The van der Waals surface area contributed by atoms with Crippen LogP contribution in [0.1, 0.15) is 13.3 Å². The molecule has 0 saturated carbocycles. The normalized spacial score (nSPS) is 21.6. The Labute approximate surface area is 117 Å². The molecule has 0 spiro atoms. The molecule has 0 aromatic rings. The van der Waals surface area contributed by atoms with E-state index in [9.17, 15) is 14.4 Å². The van der Waals surface area contributed by atoms with Crippen LogP contribution in [-0.2, 0) is 14.3 Å². The third kappa shape index (κ3) is 4.37. The van der Waals surface area contributed by atoms with Crippen LogP contribution in [-0.4, -0.2) is 67.3 Å². The average molecular weight is 287 g/mol. The first-order valence-electron chi connectivity index (χ1n) is 6.50. The summed E-state index contributed by atoms with van der Waals surface area (Å²) < 4.78 is 4.78. The molecule has 8 heteroatoms. The fourth-order valence-electron chi connectivity index (χ4n) is 2.17. The highest BCUT2D eigenvalue weighted by Crippen LogP contribution is 2.23. The number of carboxylic acid groups (broad SMARTS) is 1. The molecule has 20 heavy (non-hydrogen) atoms. The molecular weight excluding hydrogens is 266 g/mol. The molecule has 2 atom stereocenters. The summed E-state index contributed by atoms with van der Waals surface area (Å²) >= 11 is 0. The molecule has 1 aliphatic heterocycles. The number of nitrogens with one attached hydrogen (secondary N) is 2. The molecule has 0 aromatic carbocycles. The molecule has 1 saturated heterocycles. The molecule has 1 fully saturated rings. The van der Waals surface area contributed by atoms with Crippen LogP contribution >= 0.6 is 0 Å². The van der Waals surface area contributed by atoms with Crippen molar-refractivity contribution in [3.63, 3.8) is 0 Å². The number of carbonyl (C=O) groups is 3. The molecule has 3 amide bonds. The first-order chi connectivity index (χ1) is 9.47. The fraction of sp³-hybridized carbons (Fsp3) is 0.750. The van der Waals surface area contributed by atoms with E-state index in [1.165, 1.54) is 12.0 Å². The van der Waals surface area contributed by atoms with E-state index in [1.54, 1.807) is 6.92 Å². The van der Waals surface area contributed by atoms with Crippen molar-refractivity contribution in [3.8, 4) is 0 Å². The maximum atomic E-state index is 11.9. The summed E-state index contributed by atoms with van der Waals surface area (Å²) in [4.78, 5) is 35.7. The number of ether oxygens (including phenoxy) is 1. The van der Waals surface area contributed by atoms with Crippen LogP contribution in [0.2, 0.25) is 0 Å². The minimum atomic E-state index is -0.898. The molecule has 8 nitrogen and oxygen atoms in total. The maximum Gasteiger partial charge on any atom is 0.318 e. The number of hydrogen-bond acceptors (Lipinski definition) is 4. The predicted octanol–water partition coefficient (Wildman–Crippen LogP) is -0.746. The molecule has 2 unspecified atom stereocenters. The van der Waals surface area contributed by atoms with Gasteiger partial charge < -0.3 is 25.4 Å². The lowest BCUT2D eigenvalue weighted by Gasteiger charge is -2.23. The lowest BCUT2D eigenvalue weighted by molar-refractivity contribution is -0.142. The number of urea groups is 1. The summed E-state index contributed by atoms with van der Waals surface area (Å²) in [6.45, 7) is 2.73. The van der Waals surface area contributed by atoms with E-state index in [1.807, 2.05) is 0 Å². The van der Waals surface area contributed by atoms with Gasteiger partial charge in [0.2, 0.25) is 5.91 Å². The summed E-state index contributed by atoms with van der Waals surface area (Å²) in [6.07, 6.45) is 0.434. The van der Waals surface area contributed by atoms with Gasteiger partial charge in [0.15, 0.2) is 0 Å². The molecule has 1 heterocycles. The van der Waals surface area contributed by atoms with Crippen LogP contribution in [0.4, 0.5) is 4.79 Å². The van der Waals surface area contributed by atoms with E-state index in [-0.39, 0.29) is 18.5 Å². The second kappa shape index (κ2) is 7.68. The number of nitrogens with zero attached hydrogens (tertiary/aromatic N) is 1. The van der Waals surface area contributed by atoms with Crippen molar-refractivity contribution in [1.82, 2.24) is 15.5 Å². The van der Waals surface area contributed by atoms with Crippen molar-refractivity contribution in [2.24, 2.45) is 5.92 Å². The van der Waals surface area contributed by atoms with Gasteiger partial charge in [-0.25, -0.2) is 4.79 Å². The van der Waals surface area contributed by atoms with Gasteiger partial charge in [-0.2, -0.15) is 0 Å². The number of aliphatic carboxylic acids is 1. The second-order valence-electron chi connectivity index (χ2n) is 4.67. The highest BCUT2D eigenvalue weighted by molar-refractivity contribution is 5.84. The standard InChI is InChI=1S/C12H21N3O5/c1-8-9(11(17)18)3-5-15(8)12(19)14-7-10(16)13-4-6-20-2/h8-9H,3-7H2,1-2H3,(H,13,16)(H,14,19)(H,17,18). The van der Waals surface area contributed by atoms with Crippen LogP contribution in [0.5, 0.6) is 0 Å². The molecule has 1 aliphatic rings. The number of carbonyl (C=O) groups excluding carboxylic acids is 2. The Morgan fingerprint density at radius 2 is 2.05 bits per heavy atom. The van der Waals surface area contributed by atoms with Crippen molar-refractivity contribution >= 4 is 17.9 Å². The molecule has 0 aliphatic carbocycles. The van der Waals surface area contributed by atoms with Crippen LogP contribution in [0.15, 0.2) is 0 Å². The van der Waals surface area contributed by atoms with Gasteiger partial charge in [-0.15, -0.1) is 0 Å². The molecule has 0 aromatic heterocycles. The van der Waals surface area contributed by atoms with E-state index < -0.39 is 17.9 Å². The topological polar surface area (TPSA) is 108 Å². The fourth-order valence-corrected chi connectivity index (χ4v) is 2.17. The molecule has 0 bridgehead atoms. The van der Waals surface area contributed by atoms with Gasteiger partial charge in [-0.1, -0.05) is 0 Å². The first-order valence-corrected chi connectivity index (χ1v) is 6.50. The summed E-state index contributed by atoms with van der Waals surface area (Å²) in [5, 5.41) is 14.0. The highest BCUT2D eigenvalue weighted by Gasteiger charge is 2.38. The van der Waals surface area contributed by atoms with E-state index >= 15 is 0 Å². The summed E-state index contributed by atoms with van der Waals surface area (Å²) in [6, 6.07) is -0.785. The van der Waals surface area contributed by atoms with Gasteiger partial charge in [0, 0.05) is 26.2 Å². The third-order valence-corrected chi connectivity index (χ3v) is 3.36. The Bertz CT molecular complexity index is 374. The zero-order chi connectivity index (χ0) is 15.1. The summed E-state index contributed by atoms with van der Waals surface area (Å²) in [5.74, 6) is -1.75. The zero-order valence-electron chi connectivity index (χ0n) is 11.7. The van der Waals surface area contributed by atoms with Crippen LogP contribution in [0.3, 0.4) is 0 Å². The Morgan fingerprint density at radius 1 is 1.35 bits per heavy atom. The predicted molar refractivity (Wildman–Crippen MR) is 70.2 cm³/mol. The Kier molecular flexibility index (Phi) is 6.23. The number of likely N-dealkylation sites (tertiary alicyclic amines) is 1. The largest absolute Gasteiger partial charge is 0.481 e. The molecular formula is C12H21N3O5. The summed E-state index contributed by atoms with van der Waals surface area (Å²) in [7, 11) is 1.53. The maximum absolute atomic E-state index is 11.9. The lowest BCUT2D eigenvalue weighted by Crippen LogP contribution is -2.47. The Morgan fingerprint density at radius 3 is 2.60 bits per heavy atom. The van der Waals surface area contributed by atoms with Gasteiger partial charge in [-0.05, 0) is 13.3 Å². The highest BCUT2D eigenvalue weighted by atomic mass is 16.5. The number of carboxylic acids is 1. The van der Waals surface area contributed by atoms with Crippen LogP contribution in [0.25, 0.3) is 0 Å². The summed E-state index contributed by atoms with van der Waals surface area (Å²) in [5.41, 5.74) is 0. The van der Waals surface area contributed by atoms with E-state index in [0.717, 1.165) is 0 Å². The van der Waals surface area contributed by atoms with E-state index in [2.05, 4.69) is 10.6 Å². The van der Waals surface area contributed by atoms with Crippen molar-refractivity contribution < 1.29 is 24.2 Å². The molecule has 114 valence electrons. The quantitative estimate of drug-likeness (QED) is 0.557. The van der Waals surface area contributed by atoms with E-state index in [0.29, 0.717) is 26.1 Å². The monoisotopic (exact) mass is 287 g/mol. The number of methoxy groups -OCH3 is 1. The van der Waals surface area contributed by atoms with Crippen LogP contribution < -0.4 is 10.6 Å². The van der Waals surface area contributed by atoms with Crippen molar-refractivity contribution in [3.05, 3.63) is 0 Å². The van der Waals surface area contributed by atoms with E-state index in [4.69, 9.17) is 9.84 Å². The number of hydrogen-bond donors (Lipinski definition) is 3. The van der Waals surface area contributed by atoms with Gasteiger partial charge >= 0.3 is 12.0 Å². The van der Waals surface area contributed by atoms with Crippen molar-refractivity contribution in [2.75, 3.05) is 33.4 Å². The molecule has 0 radical (unpaired) electrons. The Balaban J connectivity index is 2.33. The minimum Gasteiger partial charge on any atom is -0.481 e. The van der Waals surface area contributed by atoms with Gasteiger partial charge in [0.25, 0.3) is 0 Å². The minimum absolute atomic E-state index is 0.135. The second-order valence-corrected chi connectivity index (χ2v) is 4.67. The van der Waals surface area contributed by atoms with Crippen molar-refractivity contribution in [1.29, 1.82) is 0 Å². The molecule has 3 N–H and O–H groups in total. The SMILES string of the molecule is COCCNC(=O)CNC(=O)N1CCC(C(=O)O)C1C. The average Bonchev–Trinajstić information content (AvgIpc) is 2.78. The Hall–Kier alpha value is -1.83. The third-order valence-electron chi connectivity index (χ3n) is 3.36. The molecule has 1 rings (SSSR count). The van der Waals surface area contributed by atoms with Crippen molar-refractivity contribution in [2.45, 2.75) is 19.4 Å². The zero-order valence-corrected chi connectivity index (χ0v) is 11.7. The van der Waals surface area contributed by atoms with Gasteiger partial charge in [0.1, 0.15) is 0 Å². The number of amides is 3.